The molecule has 0 spiro atoms. The zero-order valence-electron chi connectivity index (χ0n) is 7.27. The van der Waals surface area contributed by atoms with Gasteiger partial charge in [-0.25, -0.2) is 9.78 Å². The Morgan fingerprint density at radius 1 is 1.77 bits per heavy atom. The summed E-state index contributed by atoms with van der Waals surface area (Å²) >= 11 is 1.14. The molecule has 0 fully saturated rings. The van der Waals surface area contributed by atoms with Gasteiger partial charge in [-0.1, -0.05) is 11.3 Å². The summed E-state index contributed by atoms with van der Waals surface area (Å²) in [4.78, 5) is 14.9. The largest absolute Gasteiger partial charge is 0.476 e. The molecule has 6 heteroatoms. The van der Waals surface area contributed by atoms with E-state index in [2.05, 4.69) is 4.98 Å². The fraction of sp³-hybridized carbons (Fsp3) is 0.429. The van der Waals surface area contributed by atoms with Crippen LogP contribution in [0.3, 0.4) is 0 Å². The molecule has 0 saturated carbocycles. The van der Waals surface area contributed by atoms with Crippen molar-refractivity contribution >= 4 is 22.4 Å². The molecule has 0 aromatic carbocycles. The third kappa shape index (κ3) is 1.96. The number of thiazole rings is 1. The molecule has 0 saturated heterocycles. The van der Waals surface area contributed by atoms with Crippen molar-refractivity contribution in [3.8, 4) is 0 Å². The number of aromatic carboxylic acids is 1. The third-order valence-electron chi connectivity index (χ3n) is 1.60. The number of carboxylic acid groups (broad SMARTS) is 1. The standard InChI is InChI=1S/C7H10N2O3S/c1-3(12-2)5-4(6(10)11)9-7(8)13-5/h3H,1-2H3,(H2,8,9)(H,10,11). The number of hydrogen-bond donors (Lipinski definition) is 2. The summed E-state index contributed by atoms with van der Waals surface area (Å²) in [6.07, 6.45) is -0.291. The molecular formula is C7H10N2O3S. The number of nitrogens with zero attached hydrogens (tertiary/aromatic N) is 1. The SMILES string of the molecule is COC(C)c1sc(N)nc1C(=O)O. The van der Waals surface area contributed by atoms with E-state index in [0.717, 1.165) is 11.3 Å². The molecule has 0 bridgehead atoms. The highest BCUT2D eigenvalue weighted by Gasteiger charge is 2.20. The van der Waals surface area contributed by atoms with E-state index in [9.17, 15) is 4.79 Å². The minimum Gasteiger partial charge on any atom is -0.476 e. The van der Waals surface area contributed by atoms with Gasteiger partial charge in [-0.2, -0.15) is 0 Å². The van der Waals surface area contributed by atoms with Gasteiger partial charge in [0.05, 0.1) is 11.0 Å². The van der Waals surface area contributed by atoms with Crippen molar-refractivity contribution in [3.63, 3.8) is 0 Å². The molecule has 5 nitrogen and oxygen atoms in total. The first-order chi connectivity index (χ1) is 6.06. The van der Waals surface area contributed by atoms with Crippen LogP contribution in [0.15, 0.2) is 0 Å². The molecular weight excluding hydrogens is 192 g/mol. The third-order valence-corrected chi connectivity index (χ3v) is 2.64. The van der Waals surface area contributed by atoms with Crippen LogP contribution in [0.1, 0.15) is 28.4 Å². The number of carboxylic acids is 1. The number of aromatic nitrogens is 1. The number of nitrogens with two attached hydrogens (primary N) is 1. The van der Waals surface area contributed by atoms with Crippen LogP contribution in [0.25, 0.3) is 0 Å². The number of anilines is 1. The fourth-order valence-electron chi connectivity index (χ4n) is 0.885. The second kappa shape index (κ2) is 3.71. The molecule has 0 aliphatic rings. The van der Waals surface area contributed by atoms with Gasteiger partial charge in [-0.15, -0.1) is 0 Å². The van der Waals surface area contributed by atoms with Crippen molar-refractivity contribution in [1.82, 2.24) is 4.98 Å². The van der Waals surface area contributed by atoms with Crippen molar-refractivity contribution in [3.05, 3.63) is 10.6 Å². The predicted molar refractivity (Wildman–Crippen MR) is 48.9 cm³/mol. The van der Waals surface area contributed by atoms with Crippen molar-refractivity contribution in [1.29, 1.82) is 0 Å². The van der Waals surface area contributed by atoms with Crippen molar-refractivity contribution in [2.24, 2.45) is 0 Å². The van der Waals surface area contributed by atoms with E-state index in [1.807, 2.05) is 0 Å². The van der Waals surface area contributed by atoms with Gasteiger partial charge < -0.3 is 15.6 Å². The minimum absolute atomic E-state index is 0.0168. The van der Waals surface area contributed by atoms with Crippen LogP contribution in [-0.2, 0) is 4.74 Å². The van der Waals surface area contributed by atoms with Gasteiger partial charge in [0.2, 0.25) is 0 Å². The van der Waals surface area contributed by atoms with E-state index >= 15 is 0 Å². The summed E-state index contributed by atoms with van der Waals surface area (Å²) in [6, 6.07) is 0. The molecule has 13 heavy (non-hydrogen) atoms. The zero-order chi connectivity index (χ0) is 10.0. The summed E-state index contributed by atoms with van der Waals surface area (Å²) < 4.78 is 4.99. The number of methoxy groups -OCH3 is 1. The zero-order valence-corrected chi connectivity index (χ0v) is 8.09. The molecule has 1 heterocycles. The van der Waals surface area contributed by atoms with E-state index in [1.165, 1.54) is 7.11 Å². The Kier molecular flexibility index (Phi) is 2.84. The fourth-order valence-corrected chi connectivity index (χ4v) is 1.74. The second-order valence-corrected chi connectivity index (χ2v) is 3.51. The first kappa shape index (κ1) is 9.94. The Labute approximate surface area is 79.2 Å². The van der Waals surface area contributed by atoms with Crippen LogP contribution in [-0.4, -0.2) is 23.2 Å². The highest BCUT2D eigenvalue weighted by atomic mass is 32.1. The second-order valence-electron chi connectivity index (χ2n) is 2.45. The molecule has 0 radical (unpaired) electrons. The van der Waals surface area contributed by atoms with Crippen LogP contribution >= 0.6 is 11.3 Å². The number of hydrogen-bond acceptors (Lipinski definition) is 5. The smallest absolute Gasteiger partial charge is 0.355 e. The lowest BCUT2D eigenvalue weighted by atomic mass is 10.2. The van der Waals surface area contributed by atoms with E-state index in [0.29, 0.717) is 4.88 Å². The highest BCUT2D eigenvalue weighted by molar-refractivity contribution is 7.15. The number of nitrogen functional groups attached to an aromatic ring is 1. The molecule has 0 aliphatic heterocycles. The molecule has 1 rings (SSSR count). The molecule has 1 aromatic heterocycles. The summed E-state index contributed by atoms with van der Waals surface area (Å²) in [5, 5.41) is 9.00. The number of carbonyl (C=O) groups is 1. The Bertz CT molecular complexity index is 324. The Morgan fingerprint density at radius 3 is 2.85 bits per heavy atom. The maximum absolute atomic E-state index is 10.7. The number of ether oxygens (including phenoxy) is 1. The maximum atomic E-state index is 10.7. The Morgan fingerprint density at radius 2 is 2.38 bits per heavy atom. The first-order valence-electron chi connectivity index (χ1n) is 3.58. The topological polar surface area (TPSA) is 85.4 Å². The lowest BCUT2D eigenvalue weighted by Crippen LogP contribution is -2.04. The minimum atomic E-state index is -1.08. The summed E-state index contributed by atoms with van der Waals surface area (Å²) in [6.45, 7) is 1.75. The van der Waals surface area contributed by atoms with E-state index in [1.54, 1.807) is 6.92 Å². The summed E-state index contributed by atoms with van der Waals surface area (Å²) in [5.41, 5.74) is 5.38. The van der Waals surface area contributed by atoms with Crippen LogP contribution in [0.5, 0.6) is 0 Å². The average Bonchev–Trinajstić information content (AvgIpc) is 2.46. The molecule has 0 amide bonds. The molecule has 3 N–H and O–H groups in total. The van der Waals surface area contributed by atoms with Gasteiger partial charge in [-0.05, 0) is 6.92 Å². The van der Waals surface area contributed by atoms with Crippen LogP contribution in [0.2, 0.25) is 0 Å². The molecule has 1 atom stereocenters. The summed E-state index contributed by atoms with van der Waals surface area (Å²) in [7, 11) is 1.51. The van der Waals surface area contributed by atoms with Gasteiger partial charge in [-0.3, -0.25) is 0 Å². The van der Waals surface area contributed by atoms with E-state index in [-0.39, 0.29) is 16.9 Å². The van der Waals surface area contributed by atoms with Crippen molar-refractivity contribution in [2.75, 3.05) is 12.8 Å². The lowest BCUT2D eigenvalue weighted by Gasteiger charge is -2.06. The van der Waals surface area contributed by atoms with Gasteiger partial charge >= 0.3 is 5.97 Å². The van der Waals surface area contributed by atoms with Crippen LogP contribution < -0.4 is 5.73 Å². The molecule has 72 valence electrons. The van der Waals surface area contributed by atoms with E-state index in [4.69, 9.17) is 15.6 Å². The molecule has 1 aromatic rings. The molecule has 1 unspecified atom stereocenters. The van der Waals surface area contributed by atoms with Gasteiger partial charge in [0.15, 0.2) is 10.8 Å². The van der Waals surface area contributed by atoms with Crippen LogP contribution in [0.4, 0.5) is 5.13 Å². The summed E-state index contributed by atoms with van der Waals surface area (Å²) in [5.74, 6) is -1.08. The van der Waals surface area contributed by atoms with Gasteiger partial charge in [0.1, 0.15) is 0 Å². The van der Waals surface area contributed by atoms with E-state index < -0.39 is 5.97 Å². The predicted octanol–water partition coefficient (Wildman–Crippen LogP) is 1.13. The monoisotopic (exact) mass is 202 g/mol. The van der Waals surface area contributed by atoms with Crippen molar-refractivity contribution < 1.29 is 14.6 Å². The Hall–Kier alpha value is -1.14. The van der Waals surface area contributed by atoms with Crippen molar-refractivity contribution in [2.45, 2.75) is 13.0 Å². The van der Waals surface area contributed by atoms with Gasteiger partial charge in [0, 0.05) is 7.11 Å². The molecule has 0 aliphatic carbocycles. The normalized spacial score (nSPS) is 12.8. The number of rotatable bonds is 3. The Balaban J connectivity index is 3.11. The average molecular weight is 202 g/mol. The van der Waals surface area contributed by atoms with Gasteiger partial charge in [0.25, 0.3) is 0 Å². The first-order valence-corrected chi connectivity index (χ1v) is 4.40. The highest BCUT2D eigenvalue weighted by Crippen LogP contribution is 2.28. The van der Waals surface area contributed by atoms with Crippen LogP contribution in [0, 0.1) is 0 Å². The lowest BCUT2D eigenvalue weighted by molar-refractivity contribution is 0.0679. The maximum Gasteiger partial charge on any atom is 0.355 e. The quantitative estimate of drug-likeness (QED) is 0.767.